The molecule has 0 fully saturated rings. The molecular formula is C28H32N2O4. The maximum atomic E-state index is 12.1. The number of benzene rings is 3. The summed E-state index contributed by atoms with van der Waals surface area (Å²) < 4.78 is 11.0. The Morgan fingerprint density at radius 3 is 1.97 bits per heavy atom. The van der Waals surface area contributed by atoms with Crippen LogP contribution < -0.4 is 15.4 Å². The normalized spacial score (nSPS) is 10.9. The quantitative estimate of drug-likeness (QED) is 0.435. The molecule has 6 heteroatoms. The van der Waals surface area contributed by atoms with Gasteiger partial charge in [0, 0.05) is 13.1 Å². The number of rotatable bonds is 9. The highest BCUT2D eigenvalue weighted by Gasteiger charge is 2.15. The molecule has 0 saturated carbocycles. The number of hydrogen-bond donors (Lipinski definition) is 2. The minimum atomic E-state index is -0.545. The number of nitrogens with one attached hydrogen (secondary N) is 2. The Labute approximate surface area is 201 Å². The molecule has 0 aliphatic rings. The number of hydrogen-bond acceptors (Lipinski definition) is 4. The van der Waals surface area contributed by atoms with Gasteiger partial charge < -0.3 is 20.1 Å². The summed E-state index contributed by atoms with van der Waals surface area (Å²) in [6.45, 7) is 6.51. The van der Waals surface area contributed by atoms with Crippen LogP contribution in [-0.4, -0.2) is 30.7 Å². The van der Waals surface area contributed by atoms with Crippen LogP contribution in [0.5, 0.6) is 5.75 Å². The SMILES string of the molecule is CC(C)(C)OC(=O)NCCNC(=O)Cc1ccc(OCc2ccc(-c3ccccc3)cc2)cc1. The number of alkyl carbamates (subject to hydrolysis) is 1. The zero-order chi connectivity index (χ0) is 24.4. The molecule has 3 rings (SSSR count). The summed E-state index contributed by atoms with van der Waals surface area (Å²) in [5.41, 5.74) is 3.79. The average Bonchev–Trinajstić information content (AvgIpc) is 2.81. The second-order valence-electron chi connectivity index (χ2n) is 8.95. The van der Waals surface area contributed by atoms with E-state index in [0.29, 0.717) is 19.7 Å². The van der Waals surface area contributed by atoms with Crippen LogP contribution in [0.2, 0.25) is 0 Å². The second kappa shape index (κ2) is 11.9. The standard InChI is InChI=1S/C28H32N2O4/c1-28(2,3)34-27(32)30-18-17-29-26(31)19-21-11-15-25(16-12-21)33-20-22-9-13-24(14-10-22)23-7-5-4-6-8-23/h4-16H,17-20H2,1-3H3,(H,29,31)(H,30,32). The fraction of sp³-hybridized carbons (Fsp3) is 0.286. The molecule has 0 radical (unpaired) electrons. The molecule has 3 aromatic rings. The molecule has 0 aliphatic heterocycles. The molecule has 0 aromatic heterocycles. The molecule has 0 unspecified atom stereocenters. The summed E-state index contributed by atoms with van der Waals surface area (Å²) in [7, 11) is 0. The zero-order valence-corrected chi connectivity index (χ0v) is 20.0. The highest BCUT2D eigenvalue weighted by atomic mass is 16.6. The van der Waals surface area contributed by atoms with Crippen LogP contribution in [0.3, 0.4) is 0 Å². The Kier molecular flexibility index (Phi) is 8.68. The van der Waals surface area contributed by atoms with Gasteiger partial charge in [-0.15, -0.1) is 0 Å². The van der Waals surface area contributed by atoms with Gasteiger partial charge in [-0.25, -0.2) is 4.79 Å². The van der Waals surface area contributed by atoms with Crippen LogP contribution in [0, 0.1) is 0 Å². The lowest BCUT2D eigenvalue weighted by Crippen LogP contribution is -2.38. The Morgan fingerprint density at radius 2 is 1.32 bits per heavy atom. The summed E-state index contributed by atoms with van der Waals surface area (Å²) in [5.74, 6) is 0.635. The Morgan fingerprint density at radius 1 is 0.735 bits per heavy atom. The Hall–Kier alpha value is -3.80. The van der Waals surface area contributed by atoms with E-state index >= 15 is 0 Å². The van der Waals surface area contributed by atoms with E-state index in [1.165, 1.54) is 11.1 Å². The molecule has 3 aromatic carbocycles. The van der Waals surface area contributed by atoms with Crippen molar-refractivity contribution in [2.75, 3.05) is 13.1 Å². The van der Waals surface area contributed by atoms with Gasteiger partial charge in [-0.2, -0.15) is 0 Å². The Balaban J connectivity index is 1.37. The first kappa shape index (κ1) is 24.8. The van der Waals surface area contributed by atoms with Gasteiger partial charge in [-0.05, 0) is 55.2 Å². The van der Waals surface area contributed by atoms with Gasteiger partial charge in [-0.1, -0.05) is 66.7 Å². The monoisotopic (exact) mass is 460 g/mol. The van der Waals surface area contributed by atoms with Crippen LogP contribution in [-0.2, 0) is 22.6 Å². The smallest absolute Gasteiger partial charge is 0.407 e. The molecule has 178 valence electrons. The number of amides is 2. The van der Waals surface area contributed by atoms with E-state index in [0.717, 1.165) is 16.9 Å². The lowest BCUT2D eigenvalue weighted by atomic mass is 10.0. The van der Waals surface area contributed by atoms with Gasteiger partial charge in [-0.3, -0.25) is 4.79 Å². The first-order chi connectivity index (χ1) is 16.3. The van der Waals surface area contributed by atoms with Crippen LogP contribution in [0.4, 0.5) is 4.79 Å². The third-order valence-electron chi connectivity index (χ3n) is 4.87. The van der Waals surface area contributed by atoms with E-state index in [-0.39, 0.29) is 12.3 Å². The average molecular weight is 461 g/mol. The molecule has 0 heterocycles. The van der Waals surface area contributed by atoms with Crippen molar-refractivity contribution in [1.29, 1.82) is 0 Å². The molecule has 2 N–H and O–H groups in total. The maximum Gasteiger partial charge on any atom is 0.407 e. The van der Waals surface area contributed by atoms with Gasteiger partial charge in [0.2, 0.25) is 5.91 Å². The van der Waals surface area contributed by atoms with Crippen molar-refractivity contribution in [1.82, 2.24) is 10.6 Å². The van der Waals surface area contributed by atoms with E-state index in [1.807, 2.05) is 42.5 Å². The number of carbonyl (C=O) groups is 2. The molecule has 0 atom stereocenters. The summed E-state index contributed by atoms with van der Waals surface area (Å²) in [6.07, 6.45) is -0.238. The lowest BCUT2D eigenvalue weighted by molar-refractivity contribution is -0.120. The molecule has 0 saturated heterocycles. The fourth-order valence-electron chi connectivity index (χ4n) is 3.22. The number of ether oxygens (including phenoxy) is 2. The molecule has 2 amide bonds. The van der Waals surface area contributed by atoms with E-state index in [1.54, 1.807) is 20.8 Å². The first-order valence-corrected chi connectivity index (χ1v) is 11.4. The Bertz CT molecular complexity index is 1060. The third kappa shape index (κ3) is 8.62. The zero-order valence-electron chi connectivity index (χ0n) is 20.0. The highest BCUT2D eigenvalue weighted by Crippen LogP contribution is 2.20. The lowest BCUT2D eigenvalue weighted by Gasteiger charge is -2.19. The highest BCUT2D eigenvalue weighted by molar-refractivity contribution is 5.78. The van der Waals surface area contributed by atoms with Crippen LogP contribution in [0.15, 0.2) is 78.9 Å². The number of carbonyl (C=O) groups excluding carboxylic acids is 2. The predicted molar refractivity (Wildman–Crippen MR) is 134 cm³/mol. The topological polar surface area (TPSA) is 76.7 Å². The van der Waals surface area contributed by atoms with E-state index in [2.05, 4.69) is 47.0 Å². The molecular weight excluding hydrogens is 428 g/mol. The van der Waals surface area contributed by atoms with Gasteiger partial charge in [0.1, 0.15) is 18.0 Å². The molecule has 0 aliphatic carbocycles. The maximum absolute atomic E-state index is 12.1. The van der Waals surface area contributed by atoms with Gasteiger partial charge in [0.25, 0.3) is 0 Å². The van der Waals surface area contributed by atoms with E-state index in [9.17, 15) is 9.59 Å². The summed E-state index contributed by atoms with van der Waals surface area (Å²) in [5, 5.41) is 5.40. The largest absolute Gasteiger partial charge is 0.489 e. The van der Waals surface area contributed by atoms with Crippen molar-refractivity contribution < 1.29 is 19.1 Å². The molecule has 0 spiro atoms. The fourth-order valence-corrected chi connectivity index (χ4v) is 3.22. The summed E-state index contributed by atoms with van der Waals surface area (Å²) in [6, 6.07) is 26.1. The molecule has 0 bridgehead atoms. The third-order valence-corrected chi connectivity index (χ3v) is 4.87. The minimum absolute atomic E-state index is 0.113. The van der Waals surface area contributed by atoms with Gasteiger partial charge >= 0.3 is 6.09 Å². The van der Waals surface area contributed by atoms with Crippen molar-refractivity contribution in [2.45, 2.75) is 39.4 Å². The van der Waals surface area contributed by atoms with Crippen LogP contribution in [0.1, 0.15) is 31.9 Å². The predicted octanol–water partition coefficient (Wildman–Crippen LogP) is 5.12. The minimum Gasteiger partial charge on any atom is -0.489 e. The van der Waals surface area contributed by atoms with Crippen LogP contribution >= 0.6 is 0 Å². The van der Waals surface area contributed by atoms with Gasteiger partial charge in [0.15, 0.2) is 0 Å². The summed E-state index contributed by atoms with van der Waals surface area (Å²) >= 11 is 0. The van der Waals surface area contributed by atoms with Crippen molar-refractivity contribution in [3.8, 4) is 16.9 Å². The van der Waals surface area contributed by atoms with Crippen molar-refractivity contribution in [3.63, 3.8) is 0 Å². The first-order valence-electron chi connectivity index (χ1n) is 11.4. The van der Waals surface area contributed by atoms with Crippen molar-refractivity contribution in [3.05, 3.63) is 90.0 Å². The van der Waals surface area contributed by atoms with E-state index in [4.69, 9.17) is 9.47 Å². The van der Waals surface area contributed by atoms with Crippen LogP contribution in [0.25, 0.3) is 11.1 Å². The van der Waals surface area contributed by atoms with Gasteiger partial charge in [0.05, 0.1) is 6.42 Å². The molecule has 34 heavy (non-hydrogen) atoms. The second-order valence-corrected chi connectivity index (χ2v) is 8.95. The van der Waals surface area contributed by atoms with E-state index < -0.39 is 11.7 Å². The van der Waals surface area contributed by atoms with Crippen molar-refractivity contribution >= 4 is 12.0 Å². The summed E-state index contributed by atoms with van der Waals surface area (Å²) in [4.78, 5) is 23.7. The molecule has 6 nitrogen and oxygen atoms in total. The van der Waals surface area contributed by atoms with Crippen molar-refractivity contribution in [2.24, 2.45) is 0 Å².